The quantitative estimate of drug-likeness (QED) is 0.734. The monoisotopic (exact) mass is 414 g/mol. The van der Waals surface area contributed by atoms with Crippen molar-refractivity contribution in [3.8, 4) is 11.3 Å². The summed E-state index contributed by atoms with van der Waals surface area (Å²) in [7, 11) is -3.76. The zero-order valence-corrected chi connectivity index (χ0v) is 16.3. The van der Waals surface area contributed by atoms with Gasteiger partial charge in [0.1, 0.15) is 0 Å². The Labute approximate surface area is 164 Å². The third-order valence-electron chi connectivity index (χ3n) is 4.41. The van der Waals surface area contributed by atoms with E-state index in [4.69, 9.17) is 10.3 Å². The highest BCUT2D eigenvalue weighted by molar-refractivity contribution is 7.89. The number of rotatable bonds is 6. The zero-order chi connectivity index (χ0) is 18.6. The van der Waals surface area contributed by atoms with Gasteiger partial charge in [-0.15, -0.1) is 12.4 Å². The normalized spacial score (nSPS) is 17.9. The van der Waals surface area contributed by atoms with Crippen LogP contribution in [0, 0.1) is 5.92 Å². The van der Waals surface area contributed by atoms with Gasteiger partial charge in [-0.2, -0.15) is 4.31 Å². The van der Waals surface area contributed by atoms with E-state index in [0.29, 0.717) is 43.8 Å². The number of nitrogens with zero attached hydrogens (tertiary/aromatic N) is 2. The highest BCUT2D eigenvalue weighted by Crippen LogP contribution is 2.31. The second kappa shape index (κ2) is 9.32. The van der Waals surface area contributed by atoms with Crippen molar-refractivity contribution in [1.82, 2.24) is 14.8 Å². The molecule has 0 saturated carbocycles. The van der Waals surface area contributed by atoms with Crippen molar-refractivity contribution in [1.29, 1.82) is 0 Å². The van der Waals surface area contributed by atoms with Gasteiger partial charge >= 0.3 is 0 Å². The molecular weight excluding hydrogens is 392 g/mol. The first-order valence-corrected chi connectivity index (χ1v) is 9.96. The van der Waals surface area contributed by atoms with Gasteiger partial charge in [0.2, 0.25) is 15.9 Å². The van der Waals surface area contributed by atoms with Crippen molar-refractivity contribution in [2.45, 2.75) is 17.7 Å². The first-order chi connectivity index (χ1) is 12.5. The molecule has 0 radical (unpaired) electrons. The van der Waals surface area contributed by atoms with Crippen LogP contribution < -0.4 is 11.1 Å². The number of aromatic nitrogens is 1. The molecule has 10 heteroatoms. The summed E-state index contributed by atoms with van der Waals surface area (Å²) in [5, 5.41) is 6.39. The summed E-state index contributed by atoms with van der Waals surface area (Å²) in [5.41, 5.74) is 5.87. The predicted octanol–water partition coefficient (Wildman–Crippen LogP) is 1.24. The van der Waals surface area contributed by atoms with E-state index in [0.717, 1.165) is 0 Å². The number of sulfonamides is 1. The fraction of sp³-hybridized carbons (Fsp3) is 0.412. The van der Waals surface area contributed by atoms with Crippen LogP contribution in [-0.2, 0) is 14.8 Å². The average Bonchev–Trinajstić information content (AvgIpc) is 3.21. The molecule has 1 aromatic heterocycles. The Morgan fingerprint density at radius 3 is 2.81 bits per heavy atom. The lowest BCUT2D eigenvalue weighted by Gasteiger charge is -2.31. The van der Waals surface area contributed by atoms with Crippen LogP contribution in [0.15, 0.2) is 45.9 Å². The standard InChI is InChI=1S/C17H22N4O4S.ClH/c18-8-10-19-17(22)13-4-3-11-21(12-13)26(23,24)16-6-2-1-5-14(16)15-7-9-20-25-15;/h1-2,5-7,9,13H,3-4,8,10-12,18H2,(H,19,22);1H. The molecule has 8 nitrogen and oxygen atoms in total. The molecule has 27 heavy (non-hydrogen) atoms. The Kier molecular flexibility index (Phi) is 7.37. The van der Waals surface area contributed by atoms with Crippen LogP contribution in [0.2, 0.25) is 0 Å². The Hall–Kier alpha value is -1.94. The van der Waals surface area contributed by atoms with Gasteiger partial charge in [-0.05, 0) is 25.0 Å². The number of benzene rings is 1. The maximum absolute atomic E-state index is 13.2. The second-order valence-corrected chi connectivity index (χ2v) is 8.06. The molecule has 1 aromatic carbocycles. The van der Waals surface area contributed by atoms with Crippen LogP contribution in [0.4, 0.5) is 0 Å². The van der Waals surface area contributed by atoms with Gasteiger partial charge in [-0.1, -0.05) is 17.3 Å². The minimum absolute atomic E-state index is 0. The molecule has 0 aliphatic carbocycles. The molecule has 148 valence electrons. The van der Waals surface area contributed by atoms with Crippen LogP contribution in [0.1, 0.15) is 12.8 Å². The molecule has 0 bridgehead atoms. The summed E-state index contributed by atoms with van der Waals surface area (Å²) in [4.78, 5) is 12.4. The third-order valence-corrected chi connectivity index (χ3v) is 6.33. The van der Waals surface area contributed by atoms with E-state index in [1.807, 2.05) is 0 Å². The molecule has 1 fully saturated rings. The smallest absolute Gasteiger partial charge is 0.243 e. The highest BCUT2D eigenvalue weighted by Gasteiger charge is 2.34. The largest absolute Gasteiger partial charge is 0.356 e. The molecule has 1 atom stereocenters. The Morgan fingerprint density at radius 2 is 2.11 bits per heavy atom. The van der Waals surface area contributed by atoms with Crippen molar-refractivity contribution in [3.63, 3.8) is 0 Å². The number of hydrogen-bond acceptors (Lipinski definition) is 6. The first-order valence-electron chi connectivity index (χ1n) is 8.52. The fourth-order valence-electron chi connectivity index (χ4n) is 3.10. The lowest BCUT2D eigenvalue weighted by Crippen LogP contribution is -2.46. The second-order valence-electron chi connectivity index (χ2n) is 6.15. The summed E-state index contributed by atoms with van der Waals surface area (Å²) in [6.07, 6.45) is 2.76. The maximum atomic E-state index is 13.2. The number of halogens is 1. The highest BCUT2D eigenvalue weighted by atomic mass is 35.5. The van der Waals surface area contributed by atoms with Crippen LogP contribution in [0.25, 0.3) is 11.3 Å². The molecule has 3 N–H and O–H groups in total. The van der Waals surface area contributed by atoms with Gasteiger partial charge in [-0.3, -0.25) is 4.79 Å². The van der Waals surface area contributed by atoms with E-state index < -0.39 is 10.0 Å². The molecule has 1 aliphatic rings. The fourth-order valence-corrected chi connectivity index (χ4v) is 4.82. The molecule has 1 unspecified atom stereocenters. The number of nitrogens with one attached hydrogen (secondary N) is 1. The molecule has 1 saturated heterocycles. The predicted molar refractivity (Wildman–Crippen MR) is 103 cm³/mol. The summed E-state index contributed by atoms with van der Waals surface area (Å²) < 4.78 is 32.9. The van der Waals surface area contributed by atoms with E-state index in [1.165, 1.54) is 10.5 Å². The number of hydrogen-bond donors (Lipinski definition) is 2. The Bertz CT molecular complexity index is 858. The first kappa shape index (κ1) is 21.4. The lowest BCUT2D eigenvalue weighted by molar-refractivity contribution is -0.126. The van der Waals surface area contributed by atoms with Crippen molar-refractivity contribution in [2.24, 2.45) is 11.7 Å². The molecule has 2 heterocycles. The van der Waals surface area contributed by atoms with E-state index in [2.05, 4.69) is 10.5 Å². The summed E-state index contributed by atoms with van der Waals surface area (Å²) in [6.45, 7) is 1.28. The summed E-state index contributed by atoms with van der Waals surface area (Å²) in [6, 6.07) is 8.26. The number of amides is 1. The Balaban J connectivity index is 0.00000261. The van der Waals surface area contributed by atoms with E-state index >= 15 is 0 Å². The molecular formula is C17H23ClN4O4S. The average molecular weight is 415 g/mol. The van der Waals surface area contributed by atoms with Gasteiger partial charge in [0.25, 0.3) is 0 Å². The number of nitrogens with two attached hydrogens (primary N) is 1. The zero-order valence-electron chi connectivity index (χ0n) is 14.7. The van der Waals surface area contributed by atoms with Crippen molar-refractivity contribution in [3.05, 3.63) is 36.5 Å². The molecule has 0 spiro atoms. The third kappa shape index (κ3) is 4.67. The van der Waals surface area contributed by atoms with Gasteiger partial charge in [0, 0.05) is 37.8 Å². The molecule has 1 amide bonds. The van der Waals surface area contributed by atoms with E-state index in [9.17, 15) is 13.2 Å². The van der Waals surface area contributed by atoms with Crippen LogP contribution >= 0.6 is 12.4 Å². The van der Waals surface area contributed by atoms with Crippen LogP contribution in [0.3, 0.4) is 0 Å². The van der Waals surface area contributed by atoms with Crippen molar-refractivity contribution >= 4 is 28.3 Å². The Morgan fingerprint density at radius 1 is 1.33 bits per heavy atom. The van der Waals surface area contributed by atoms with Gasteiger partial charge < -0.3 is 15.6 Å². The number of piperidine rings is 1. The van der Waals surface area contributed by atoms with Crippen LogP contribution in [-0.4, -0.2) is 50.0 Å². The van der Waals surface area contributed by atoms with Crippen LogP contribution in [0.5, 0.6) is 0 Å². The van der Waals surface area contributed by atoms with Crippen molar-refractivity contribution in [2.75, 3.05) is 26.2 Å². The van der Waals surface area contributed by atoms with Gasteiger partial charge in [0.15, 0.2) is 5.76 Å². The minimum Gasteiger partial charge on any atom is -0.356 e. The summed E-state index contributed by atoms with van der Waals surface area (Å²) >= 11 is 0. The minimum atomic E-state index is -3.76. The number of carbonyl (C=O) groups is 1. The molecule has 3 rings (SSSR count). The number of carbonyl (C=O) groups excluding carboxylic acids is 1. The maximum Gasteiger partial charge on any atom is 0.243 e. The SMILES string of the molecule is Cl.NCCNC(=O)C1CCCN(S(=O)(=O)c2ccccc2-c2ccno2)C1. The van der Waals surface area contributed by atoms with E-state index in [-0.39, 0.29) is 35.7 Å². The molecule has 2 aromatic rings. The topological polar surface area (TPSA) is 119 Å². The van der Waals surface area contributed by atoms with Gasteiger partial charge in [-0.25, -0.2) is 8.42 Å². The lowest BCUT2D eigenvalue weighted by atomic mass is 9.99. The van der Waals surface area contributed by atoms with Gasteiger partial charge in [0.05, 0.1) is 17.0 Å². The summed E-state index contributed by atoms with van der Waals surface area (Å²) in [5.74, 6) is -0.139. The molecule has 1 aliphatic heterocycles. The van der Waals surface area contributed by atoms with E-state index in [1.54, 1.807) is 30.3 Å². The van der Waals surface area contributed by atoms with Crippen molar-refractivity contribution < 1.29 is 17.7 Å².